The van der Waals surface area contributed by atoms with Crippen LogP contribution in [0.25, 0.3) is 17.3 Å². The molecule has 212 valence electrons. The molecule has 0 spiro atoms. The molecule has 0 fully saturated rings. The summed E-state index contributed by atoms with van der Waals surface area (Å²) in [6.07, 6.45) is 10.5. The maximum atomic E-state index is 14.8. The highest BCUT2D eigenvalue weighted by atomic mass is 31.2. The van der Waals surface area contributed by atoms with E-state index in [0.29, 0.717) is 17.3 Å². The van der Waals surface area contributed by atoms with Crippen molar-refractivity contribution in [2.75, 3.05) is 21.3 Å². The van der Waals surface area contributed by atoms with Crippen molar-refractivity contribution in [3.8, 4) is 17.2 Å². The second kappa shape index (κ2) is 11.4. The lowest BCUT2D eigenvalue weighted by Gasteiger charge is -2.28. The van der Waals surface area contributed by atoms with Crippen LogP contribution >= 0.6 is 7.82 Å². The highest BCUT2D eigenvalue weighted by Gasteiger charge is 2.39. The average Bonchev–Trinajstić information content (AvgIpc) is 3.00. The molecule has 0 saturated carbocycles. The maximum absolute atomic E-state index is 14.8. The van der Waals surface area contributed by atoms with Crippen molar-refractivity contribution >= 4 is 25.1 Å². The molecule has 3 aliphatic rings. The monoisotopic (exact) mass is 572 g/mol. The number of benzene rings is 3. The highest BCUT2D eigenvalue weighted by molar-refractivity contribution is 7.49. The van der Waals surface area contributed by atoms with Crippen molar-refractivity contribution in [3.05, 3.63) is 106 Å². The van der Waals surface area contributed by atoms with Gasteiger partial charge in [0.05, 0.1) is 21.3 Å². The summed E-state index contributed by atoms with van der Waals surface area (Å²) in [4.78, 5) is 0. The lowest BCUT2D eigenvalue weighted by atomic mass is 9.96. The summed E-state index contributed by atoms with van der Waals surface area (Å²) in [6, 6.07) is 17.3. The molecule has 0 aliphatic heterocycles. The van der Waals surface area contributed by atoms with Crippen LogP contribution in [0.1, 0.15) is 52.6 Å². The van der Waals surface area contributed by atoms with E-state index in [0.717, 1.165) is 89.2 Å². The number of aryl methyl sites for hydroxylation is 3. The Morgan fingerprint density at radius 1 is 0.512 bits per heavy atom. The number of allylic oxidation sites excluding steroid dienone is 3. The molecule has 0 aromatic heterocycles. The molecule has 0 saturated heterocycles. The third kappa shape index (κ3) is 5.59. The zero-order valence-electron chi connectivity index (χ0n) is 23.5. The first-order valence-corrected chi connectivity index (χ1v) is 15.3. The molecule has 0 N–H and O–H groups in total. The van der Waals surface area contributed by atoms with E-state index in [1.165, 1.54) is 0 Å². The Morgan fingerprint density at radius 3 is 1.12 bits per heavy atom. The molecule has 6 rings (SSSR count). The van der Waals surface area contributed by atoms with Gasteiger partial charge in [-0.2, -0.15) is 4.57 Å². The topological polar surface area (TPSA) is 72.5 Å². The predicted octanol–water partition coefficient (Wildman–Crippen LogP) is 8.13. The van der Waals surface area contributed by atoms with Crippen molar-refractivity contribution in [1.82, 2.24) is 0 Å². The normalized spacial score (nSPS) is 15.6. The number of phosphoric ester groups is 1. The second-order valence-corrected chi connectivity index (χ2v) is 11.6. The number of methoxy groups -OCH3 is 3. The Balaban J connectivity index is 1.37. The third-order valence-electron chi connectivity index (χ3n) is 7.59. The van der Waals surface area contributed by atoms with Gasteiger partial charge >= 0.3 is 7.82 Å². The fourth-order valence-electron chi connectivity index (χ4n) is 5.52. The van der Waals surface area contributed by atoms with Crippen LogP contribution in [0.4, 0.5) is 0 Å². The molecular weight excluding hydrogens is 539 g/mol. The molecule has 0 unspecified atom stereocenters. The Kier molecular flexibility index (Phi) is 7.55. The summed E-state index contributed by atoms with van der Waals surface area (Å²) in [5, 5.41) is 0. The molecule has 41 heavy (non-hydrogen) atoms. The first kappa shape index (κ1) is 27.1. The number of fused-ring (bicyclic) bond motifs is 3. The van der Waals surface area contributed by atoms with Crippen molar-refractivity contribution in [1.29, 1.82) is 0 Å². The zero-order chi connectivity index (χ0) is 28.4. The van der Waals surface area contributed by atoms with E-state index in [1.807, 2.05) is 72.8 Å². The summed E-state index contributed by atoms with van der Waals surface area (Å²) in [5.74, 6) is 3.69. The van der Waals surface area contributed by atoms with Gasteiger partial charge < -0.3 is 27.8 Å². The summed E-state index contributed by atoms with van der Waals surface area (Å²) >= 11 is 0. The Morgan fingerprint density at radius 2 is 0.829 bits per heavy atom. The van der Waals surface area contributed by atoms with Gasteiger partial charge in [0, 0.05) is 16.7 Å². The van der Waals surface area contributed by atoms with E-state index in [9.17, 15) is 4.57 Å². The van der Waals surface area contributed by atoms with Crippen molar-refractivity contribution < 1.29 is 32.3 Å². The molecular formula is C33H33O7P. The molecule has 0 radical (unpaired) electrons. The number of phosphoric acid groups is 1. The molecule has 3 aliphatic carbocycles. The van der Waals surface area contributed by atoms with Crippen LogP contribution in [-0.4, -0.2) is 21.3 Å². The van der Waals surface area contributed by atoms with E-state index in [2.05, 4.69) is 0 Å². The fraction of sp³-hybridized carbons (Fsp3) is 0.273. The first-order valence-electron chi connectivity index (χ1n) is 13.8. The number of hydrogen-bond donors (Lipinski definition) is 0. The Hall–Kier alpha value is -4.09. The van der Waals surface area contributed by atoms with Gasteiger partial charge in [-0.25, -0.2) is 0 Å². The van der Waals surface area contributed by atoms with Crippen molar-refractivity contribution in [3.63, 3.8) is 0 Å². The van der Waals surface area contributed by atoms with Gasteiger partial charge in [0.2, 0.25) is 0 Å². The zero-order valence-corrected chi connectivity index (χ0v) is 24.4. The lowest BCUT2D eigenvalue weighted by molar-refractivity contribution is 0.256. The second-order valence-electron chi connectivity index (χ2n) is 10.1. The van der Waals surface area contributed by atoms with Crippen LogP contribution < -0.4 is 14.2 Å². The van der Waals surface area contributed by atoms with Crippen molar-refractivity contribution in [2.45, 2.75) is 38.5 Å². The molecule has 3 aromatic carbocycles. The number of ether oxygens (including phenoxy) is 3. The Labute approximate surface area is 240 Å². The van der Waals surface area contributed by atoms with Crippen LogP contribution in [0.3, 0.4) is 0 Å². The average molecular weight is 573 g/mol. The Bertz CT molecular complexity index is 1430. The minimum Gasteiger partial charge on any atom is -0.497 e. The number of hydrogen-bond acceptors (Lipinski definition) is 7. The molecule has 0 atom stereocenters. The van der Waals surface area contributed by atoms with E-state index in [1.54, 1.807) is 21.3 Å². The molecule has 0 heterocycles. The molecule has 3 aromatic rings. The van der Waals surface area contributed by atoms with Gasteiger partial charge in [-0.3, -0.25) is 0 Å². The van der Waals surface area contributed by atoms with Crippen LogP contribution in [0.2, 0.25) is 0 Å². The first-order chi connectivity index (χ1) is 20.0. The van der Waals surface area contributed by atoms with Gasteiger partial charge in [0.25, 0.3) is 0 Å². The van der Waals surface area contributed by atoms with E-state index >= 15 is 0 Å². The largest absolute Gasteiger partial charge is 0.647 e. The molecule has 0 bridgehead atoms. The van der Waals surface area contributed by atoms with Gasteiger partial charge in [-0.1, -0.05) is 0 Å². The van der Waals surface area contributed by atoms with Crippen LogP contribution in [-0.2, 0) is 37.4 Å². The smallest absolute Gasteiger partial charge is 0.497 e. The SMILES string of the molecule is COc1ccc2c(c1)CCC=C2OP(=O)(OC1=CCCc2cc(OC)ccc21)OC1=CCCc2cc(OC)ccc21. The predicted molar refractivity (Wildman–Crippen MR) is 159 cm³/mol. The van der Waals surface area contributed by atoms with Gasteiger partial charge in [0.1, 0.15) is 34.5 Å². The van der Waals surface area contributed by atoms with Gasteiger partial charge in [-0.05, 0) is 128 Å². The summed E-state index contributed by atoms with van der Waals surface area (Å²) < 4.78 is 49.9. The van der Waals surface area contributed by atoms with Gasteiger partial charge in [0.15, 0.2) is 0 Å². The minimum atomic E-state index is -4.25. The minimum absolute atomic E-state index is 0.468. The third-order valence-corrected chi connectivity index (χ3v) is 8.86. The molecule has 7 nitrogen and oxygen atoms in total. The lowest BCUT2D eigenvalue weighted by Crippen LogP contribution is -2.09. The molecule has 0 amide bonds. The van der Waals surface area contributed by atoms with E-state index in [4.69, 9.17) is 27.8 Å². The van der Waals surface area contributed by atoms with Crippen LogP contribution in [0, 0.1) is 0 Å². The summed E-state index contributed by atoms with van der Waals surface area (Å²) in [7, 11) is 0.683. The highest BCUT2D eigenvalue weighted by Crippen LogP contribution is 2.60. The van der Waals surface area contributed by atoms with Crippen LogP contribution in [0.15, 0.2) is 72.8 Å². The maximum Gasteiger partial charge on any atom is 0.647 e. The van der Waals surface area contributed by atoms with Crippen LogP contribution in [0.5, 0.6) is 17.2 Å². The standard InChI is InChI=1S/C33H33O7P/c1-35-25-13-16-28-22(19-25)7-4-10-31(28)38-41(34,39-32-11-5-8-23-20-26(36-2)14-17-29(23)32)40-33-12-6-9-24-21-27(37-3)15-18-30(24)33/h10-21H,4-9H2,1-3H3. The number of rotatable bonds is 9. The summed E-state index contributed by atoms with van der Waals surface area (Å²) in [6.45, 7) is 0. The quantitative estimate of drug-likeness (QED) is 0.240. The van der Waals surface area contributed by atoms with E-state index in [-0.39, 0.29) is 0 Å². The van der Waals surface area contributed by atoms with Gasteiger partial charge in [-0.15, -0.1) is 0 Å². The fourth-order valence-corrected chi connectivity index (χ4v) is 6.87. The van der Waals surface area contributed by atoms with Crippen molar-refractivity contribution in [2.24, 2.45) is 0 Å². The van der Waals surface area contributed by atoms with E-state index < -0.39 is 7.82 Å². The molecule has 8 heteroatoms. The summed E-state index contributed by atoms with van der Waals surface area (Å²) in [5.41, 5.74) is 5.69.